The van der Waals surface area contributed by atoms with Crippen LogP contribution in [0, 0.1) is 11.3 Å². The van der Waals surface area contributed by atoms with Crippen LogP contribution in [-0.2, 0) is 11.3 Å². The fourth-order valence-corrected chi connectivity index (χ4v) is 3.35. The van der Waals surface area contributed by atoms with Crippen LogP contribution in [-0.4, -0.2) is 47.4 Å². The molecule has 0 radical (unpaired) electrons. The topological polar surface area (TPSA) is 80.8 Å². The van der Waals surface area contributed by atoms with Crippen LogP contribution in [0.5, 0.6) is 0 Å². The summed E-state index contributed by atoms with van der Waals surface area (Å²) in [6, 6.07) is 13.6. The molecule has 7 heteroatoms. The van der Waals surface area contributed by atoms with E-state index in [1.54, 1.807) is 29.2 Å². The van der Waals surface area contributed by atoms with Gasteiger partial charge in [-0.3, -0.25) is 9.69 Å². The van der Waals surface area contributed by atoms with E-state index >= 15 is 0 Å². The number of imide groups is 1. The summed E-state index contributed by atoms with van der Waals surface area (Å²) in [7, 11) is 0. The predicted octanol–water partition coefficient (Wildman–Crippen LogP) is 1.80. The zero-order valence-corrected chi connectivity index (χ0v) is 13.5. The van der Waals surface area contributed by atoms with E-state index in [0.29, 0.717) is 37.6 Å². The highest BCUT2D eigenvalue weighted by Gasteiger charge is 2.48. The van der Waals surface area contributed by atoms with E-state index in [-0.39, 0.29) is 17.7 Å². The third kappa shape index (κ3) is 2.66. The van der Waals surface area contributed by atoms with Crippen LogP contribution < -0.4 is 4.90 Å². The van der Waals surface area contributed by atoms with Gasteiger partial charge in [0.2, 0.25) is 5.76 Å². The molecule has 0 spiro atoms. The number of amides is 3. The van der Waals surface area contributed by atoms with Gasteiger partial charge in [0.25, 0.3) is 5.91 Å². The van der Waals surface area contributed by atoms with Gasteiger partial charge in [0.15, 0.2) is 0 Å². The van der Waals surface area contributed by atoms with Crippen molar-refractivity contribution >= 4 is 17.6 Å². The minimum Gasteiger partial charge on any atom is -0.449 e. The second-order valence-electron chi connectivity index (χ2n) is 6.11. The zero-order valence-electron chi connectivity index (χ0n) is 13.5. The normalized spacial score (nSPS) is 20.7. The van der Waals surface area contributed by atoms with Gasteiger partial charge in [-0.2, -0.15) is 5.26 Å². The van der Waals surface area contributed by atoms with Crippen molar-refractivity contribution in [3.8, 4) is 6.07 Å². The van der Waals surface area contributed by atoms with Gasteiger partial charge in [-0.05, 0) is 24.3 Å². The molecule has 2 aliphatic rings. The molecule has 3 amide bonds. The number of carbonyl (C=O) groups excluding carboxylic acids is 2. The van der Waals surface area contributed by atoms with Crippen LogP contribution in [0.15, 0.2) is 46.9 Å². The highest BCUT2D eigenvalue weighted by atomic mass is 16.3. The number of nitrogens with zero attached hydrogens (tertiary/aromatic N) is 4. The molecular weight excluding hydrogens is 320 g/mol. The number of fused-ring (bicyclic) bond motifs is 1. The molecule has 2 saturated heterocycles. The summed E-state index contributed by atoms with van der Waals surface area (Å²) in [5.41, 5.74) is 0.600. The molecule has 2 aromatic rings. The lowest BCUT2D eigenvalue weighted by molar-refractivity contribution is -0.121. The van der Waals surface area contributed by atoms with E-state index in [1.807, 2.05) is 24.3 Å². The molecule has 1 atom stereocenters. The fraction of sp³-hybridized carbons (Fsp3) is 0.278. The third-order valence-electron chi connectivity index (χ3n) is 4.57. The Labute approximate surface area is 144 Å². The molecule has 2 aliphatic heterocycles. The largest absolute Gasteiger partial charge is 0.449 e. The number of nitriles is 1. The molecule has 0 bridgehead atoms. The molecule has 4 rings (SSSR count). The lowest BCUT2D eigenvalue weighted by Gasteiger charge is -2.34. The van der Waals surface area contributed by atoms with Gasteiger partial charge < -0.3 is 9.32 Å². The van der Waals surface area contributed by atoms with Crippen molar-refractivity contribution in [2.75, 3.05) is 24.5 Å². The van der Waals surface area contributed by atoms with Crippen LogP contribution in [0.1, 0.15) is 11.5 Å². The van der Waals surface area contributed by atoms with Gasteiger partial charge in [-0.25, -0.2) is 9.69 Å². The number of anilines is 1. The smallest absolute Gasteiger partial charge is 0.332 e. The molecule has 7 nitrogen and oxygen atoms in total. The number of hydrogen-bond donors (Lipinski definition) is 0. The Bertz CT molecular complexity index is 855. The molecule has 2 fully saturated rings. The maximum atomic E-state index is 12.8. The van der Waals surface area contributed by atoms with Crippen LogP contribution in [0.3, 0.4) is 0 Å². The first-order valence-corrected chi connectivity index (χ1v) is 8.08. The van der Waals surface area contributed by atoms with Crippen molar-refractivity contribution in [2.24, 2.45) is 0 Å². The first kappa shape index (κ1) is 15.4. The van der Waals surface area contributed by atoms with E-state index in [9.17, 15) is 9.59 Å². The number of hydrogen-bond acceptors (Lipinski definition) is 5. The molecule has 0 unspecified atom stereocenters. The Morgan fingerprint density at radius 3 is 2.64 bits per heavy atom. The second-order valence-corrected chi connectivity index (χ2v) is 6.11. The van der Waals surface area contributed by atoms with Crippen LogP contribution in [0.4, 0.5) is 10.5 Å². The summed E-state index contributed by atoms with van der Waals surface area (Å²) in [5, 5.41) is 8.83. The van der Waals surface area contributed by atoms with E-state index in [2.05, 4.69) is 4.90 Å². The van der Waals surface area contributed by atoms with Gasteiger partial charge in [0.05, 0.1) is 12.2 Å². The molecule has 0 N–H and O–H groups in total. The predicted molar refractivity (Wildman–Crippen MR) is 88.5 cm³/mol. The minimum absolute atomic E-state index is 0.196. The summed E-state index contributed by atoms with van der Waals surface area (Å²) < 4.78 is 5.41. The van der Waals surface area contributed by atoms with E-state index in [0.717, 1.165) is 0 Å². The molecule has 0 aliphatic carbocycles. The molecule has 0 saturated carbocycles. The van der Waals surface area contributed by atoms with Gasteiger partial charge in [0, 0.05) is 19.6 Å². The zero-order chi connectivity index (χ0) is 17.4. The highest BCUT2D eigenvalue weighted by molar-refractivity contribution is 6.21. The first-order valence-electron chi connectivity index (χ1n) is 8.08. The summed E-state index contributed by atoms with van der Waals surface area (Å²) in [6.45, 7) is 2.11. The maximum absolute atomic E-state index is 12.8. The highest BCUT2D eigenvalue weighted by Crippen LogP contribution is 2.28. The molecule has 126 valence electrons. The second kappa shape index (κ2) is 6.07. The standard InChI is InChI=1S/C18H16N4O3/c19-10-14-6-7-15(25-14)11-20-8-9-21-16(12-20)17(23)22(18(21)24)13-4-2-1-3-5-13/h1-7,16H,8-9,11-12H2/t16-/m0/s1. The molecular formula is C18H16N4O3. The summed E-state index contributed by atoms with van der Waals surface area (Å²) in [6.07, 6.45) is 0. The number of para-hydroxylation sites is 1. The Morgan fingerprint density at radius 1 is 1.12 bits per heavy atom. The Kier molecular flexibility index (Phi) is 3.75. The van der Waals surface area contributed by atoms with Crippen LogP contribution in [0.2, 0.25) is 0 Å². The Morgan fingerprint density at radius 2 is 1.92 bits per heavy atom. The third-order valence-corrected chi connectivity index (χ3v) is 4.57. The van der Waals surface area contributed by atoms with Gasteiger partial charge in [-0.15, -0.1) is 0 Å². The van der Waals surface area contributed by atoms with Gasteiger partial charge >= 0.3 is 6.03 Å². The molecule has 3 heterocycles. The number of urea groups is 1. The lowest BCUT2D eigenvalue weighted by Crippen LogP contribution is -2.52. The van der Waals surface area contributed by atoms with Gasteiger partial charge in [0.1, 0.15) is 17.9 Å². The summed E-state index contributed by atoms with van der Waals surface area (Å²) >= 11 is 0. The Hall–Kier alpha value is -3.11. The summed E-state index contributed by atoms with van der Waals surface area (Å²) in [5.74, 6) is 0.760. The molecule has 25 heavy (non-hydrogen) atoms. The van der Waals surface area contributed by atoms with Crippen molar-refractivity contribution in [1.82, 2.24) is 9.80 Å². The average Bonchev–Trinajstić information content (AvgIpc) is 3.19. The number of benzene rings is 1. The number of piperazine rings is 1. The first-order chi connectivity index (χ1) is 12.2. The monoisotopic (exact) mass is 336 g/mol. The van der Waals surface area contributed by atoms with Crippen molar-refractivity contribution in [3.05, 3.63) is 54.0 Å². The van der Waals surface area contributed by atoms with Crippen molar-refractivity contribution in [1.29, 1.82) is 5.26 Å². The van der Waals surface area contributed by atoms with E-state index in [1.165, 1.54) is 4.90 Å². The number of furan rings is 1. The van der Waals surface area contributed by atoms with Gasteiger partial charge in [-0.1, -0.05) is 18.2 Å². The van der Waals surface area contributed by atoms with Crippen LogP contribution in [0.25, 0.3) is 0 Å². The number of rotatable bonds is 3. The quantitative estimate of drug-likeness (QED) is 0.799. The molecule has 1 aromatic carbocycles. The lowest BCUT2D eigenvalue weighted by atomic mass is 10.1. The maximum Gasteiger partial charge on any atom is 0.332 e. The molecule has 1 aromatic heterocycles. The van der Waals surface area contributed by atoms with Crippen LogP contribution >= 0.6 is 0 Å². The SMILES string of the molecule is N#Cc1ccc(CN2CCN3C(=O)N(c4ccccc4)C(=O)[C@@H]3C2)o1. The van der Waals surface area contributed by atoms with Crippen molar-refractivity contribution < 1.29 is 14.0 Å². The minimum atomic E-state index is -0.480. The Balaban J connectivity index is 1.50. The fourth-order valence-electron chi connectivity index (χ4n) is 3.35. The number of carbonyl (C=O) groups is 2. The average molecular weight is 336 g/mol. The van der Waals surface area contributed by atoms with Crippen molar-refractivity contribution in [2.45, 2.75) is 12.6 Å². The summed E-state index contributed by atoms with van der Waals surface area (Å²) in [4.78, 5) is 30.3. The van der Waals surface area contributed by atoms with E-state index < -0.39 is 6.04 Å². The van der Waals surface area contributed by atoms with Crippen molar-refractivity contribution in [3.63, 3.8) is 0 Å². The van der Waals surface area contributed by atoms with E-state index in [4.69, 9.17) is 9.68 Å².